The molecule has 27 heavy (non-hydrogen) atoms. The van der Waals surface area contributed by atoms with Gasteiger partial charge in [0.1, 0.15) is 0 Å². The van der Waals surface area contributed by atoms with Crippen molar-refractivity contribution in [3.8, 4) is 22.8 Å². The summed E-state index contributed by atoms with van der Waals surface area (Å²) in [7, 11) is 0. The van der Waals surface area contributed by atoms with E-state index in [1.807, 2.05) is 18.2 Å². The fraction of sp³-hybridized carbons (Fsp3) is 0.318. The van der Waals surface area contributed by atoms with E-state index in [9.17, 15) is 0 Å². The first-order chi connectivity index (χ1) is 13.3. The molecule has 1 aromatic heterocycles. The normalized spacial score (nSPS) is 16.1. The van der Waals surface area contributed by atoms with Gasteiger partial charge in [-0.25, -0.2) is 0 Å². The van der Waals surface area contributed by atoms with E-state index in [4.69, 9.17) is 14.6 Å². The first-order valence-corrected chi connectivity index (χ1v) is 9.58. The molecule has 5 nitrogen and oxygen atoms in total. The van der Waals surface area contributed by atoms with Crippen LogP contribution in [0.1, 0.15) is 24.0 Å². The number of hydrogen-bond donors (Lipinski definition) is 0. The molecule has 1 saturated heterocycles. The molecule has 0 radical (unpaired) electrons. The minimum absolute atomic E-state index is 0.294. The third kappa shape index (κ3) is 3.43. The van der Waals surface area contributed by atoms with Crippen LogP contribution in [-0.2, 0) is 13.1 Å². The molecule has 0 aliphatic carbocycles. The molecule has 138 valence electrons. The molecule has 2 aliphatic heterocycles. The van der Waals surface area contributed by atoms with Crippen LogP contribution in [0.2, 0.25) is 0 Å². The predicted molar refractivity (Wildman–Crippen MR) is 104 cm³/mol. The van der Waals surface area contributed by atoms with Gasteiger partial charge in [-0.05, 0) is 49.7 Å². The van der Waals surface area contributed by atoms with Gasteiger partial charge in [0.25, 0.3) is 0 Å². The highest BCUT2D eigenvalue weighted by atomic mass is 16.7. The zero-order valence-electron chi connectivity index (χ0n) is 15.3. The summed E-state index contributed by atoms with van der Waals surface area (Å²) in [6, 6.07) is 16.6. The van der Waals surface area contributed by atoms with Crippen LogP contribution in [0.15, 0.2) is 54.7 Å². The van der Waals surface area contributed by atoms with Gasteiger partial charge in [-0.15, -0.1) is 0 Å². The molecule has 0 N–H and O–H groups in total. The highest BCUT2D eigenvalue weighted by Crippen LogP contribution is 2.36. The molecule has 0 spiro atoms. The van der Waals surface area contributed by atoms with Gasteiger partial charge in [0.15, 0.2) is 11.5 Å². The van der Waals surface area contributed by atoms with Crippen LogP contribution in [0, 0.1) is 0 Å². The van der Waals surface area contributed by atoms with Crippen LogP contribution in [-0.4, -0.2) is 34.6 Å². The third-order valence-electron chi connectivity index (χ3n) is 5.26. The summed E-state index contributed by atoms with van der Waals surface area (Å²) < 4.78 is 13.1. The van der Waals surface area contributed by atoms with Crippen LogP contribution < -0.4 is 9.47 Å². The average Bonchev–Trinajstić information content (AvgIpc) is 3.43. The van der Waals surface area contributed by atoms with Gasteiger partial charge in [-0.1, -0.05) is 30.3 Å². The van der Waals surface area contributed by atoms with E-state index >= 15 is 0 Å². The number of ether oxygens (including phenoxy) is 2. The summed E-state index contributed by atoms with van der Waals surface area (Å²) in [6.07, 6.45) is 4.78. The van der Waals surface area contributed by atoms with Crippen molar-refractivity contribution in [3.05, 3.63) is 65.9 Å². The smallest absolute Gasteiger partial charge is 0.231 e. The van der Waals surface area contributed by atoms with Crippen LogP contribution in [0.3, 0.4) is 0 Å². The zero-order chi connectivity index (χ0) is 18.1. The number of fused-ring (bicyclic) bond motifs is 1. The molecule has 2 aliphatic rings. The number of likely N-dealkylation sites (tertiary alicyclic amines) is 1. The zero-order valence-corrected chi connectivity index (χ0v) is 15.3. The molecule has 3 heterocycles. The molecule has 0 saturated carbocycles. The summed E-state index contributed by atoms with van der Waals surface area (Å²) >= 11 is 0. The van der Waals surface area contributed by atoms with Crippen molar-refractivity contribution in [1.82, 2.24) is 14.7 Å². The minimum Gasteiger partial charge on any atom is -0.454 e. The van der Waals surface area contributed by atoms with Crippen molar-refractivity contribution >= 4 is 0 Å². The van der Waals surface area contributed by atoms with Crippen molar-refractivity contribution in [2.75, 3.05) is 19.9 Å². The maximum Gasteiger partial charge on any atom is 0.231 e. The Hall–Kier alpha value is -2.79. The molecular weight excluding hydrogens is 338 g/mol. The van der Waals surface area contributed by atoms with Gasteiger partial charge >= 0.3 is 0 Å². The van der Waals surface area contributed by atoms with Crippen LogP contribution in [0.4, 0.5) is 0 Å². The number of aromatic nitrogens is 2. The Morgan fingerprint density at radius 3 is 2.56 bits per heavy atom. The second-order valence-electron chi connectivity index (χ2n) is 7.24. The molecule has 0 bridgehead atoms. The first-order valence-electron chi connectivity index (χ1n) is 9.58. The second-order valence-corrected chi connectivity index (χ2v) is 7.24. The van der Waals surface area contributed by atoms with Gasteiger partial charge in [0, 0.05) is 23.9 Å². The standard InChI is InChI=1S/C22H23N3O2/c1-2-6-17(7-3-1)13-25-15-19(14-24-10-4-5-11-24)22(23-25)18-8-9-20-21(12-18)27-16-26-20/h1-3,6-9,12,15H,4-5,10-11,13-14,16H2. The Morgan fingerprint density at radius 1 is 0.889 bits per heavy atom. The predicted octanol–water partition coefficient (Wildman–Crippen LogP) is 3.92. The Labute approximate surface area is 159 Å². The minimum atomic E-state index is 0.294. The van der Waals surface area contributed by atoms with Crippen LogP contribution >= 0.6 is 0 Å². The van der Waals surface area contributed by atoms with Crippen molar-refractivity contribution < 1.29 is 9.47 Å². The third-order valence-corrected chi connectivity index (χ3v) is 5.26. The number of rotatable bonds is 5. The summed E-state index contributed by atoms with van der Waals surface area (Å²) in [4.78, 5) is 2.51. The lowest BCUT2D eigenvalue weighted by Crippen LogP contribution is -2.18. The summed E-state index contributed by atoms with van der Waals surface area (Å²) in [5.74, 6) is 1.61. The molecule has 3 aromatic rings. The van der Waals surface area contributed by atoms with Gasteiger partial charge < -0.3 is 9.47 Å². The Kier molecular flexibility index (Phi) is 4.30. The Morgan fingerprint density at radius 2 is 1.70 bits per heavy atom. The van der Waals surface area contributed by atoms with Crippen LogP contribution in [0.25, 0.3) is 11.3 Å². The van der Waals surface area contributed by atoms with E-state index in [1.54, 1.807) is 0 Å². The van der Waals surface area contributed by atoms with Gasteiger partial charge in [-0.3, -0.25) is 9.58 Å². The second kappa shape index (κ2) is 7.08. The van der Waals surface area contributed by atoms with E-state index in [0.29, 0.717) is 6.79 Å². The first kappa shape index (κ1) is 16.4. The Balaban J connectivity index is 1.49. The molecule has 5 heteroatoms. The number of nitrogens with zero attached hydrogens (tertiary/aromatic N) is 3. The van der Waals surface area contributed by atoms with Gasteiger partial charge in [0.2, 0.25) is 6.79 Å². The van der Waals surface area contributed by atoms with Crippen molar-refractivity contribution in [2.45, 2.75) is 25.9 Å². The van der Waals surface area contributed by atoms with Gasteiger partial charge in [0.05, 0.1) is 12.2 Å². The highest BCUT2D eigenvalue weighted by molar-refractivity contribution is 5.67. The van der Waals surface area contributed by atoms with Crippen molar-refractivity contribution in [2.24, 2.45) is 0 Å². The fourth-order valence-corrected chi connectivity index (χ4v) is 3.90. The molecule has 0 unspecified atom stereocenters. The highest BCUT2D eigenvalue weighted by Gasteiger charge is 2.20. The largest absolute Gasteiger partial charge is 0.454 e. The van der Waals surface area contributed by atoms with Crippen molar-refractivity contribution in [1.29, 1.82) is 0 Å². The Bertz CT molecular complexity index is 930. The molecule has 0 atom stereocenters. The molecular formula is C22H23N3O2. The lowest BCUT2D eigenvalue weighted by molar-refractivity contribution is 0.174. The monoisotopic (exact) mass is 361 g/mol. The number of benzene rings is 2. The SMILES string of the molecule is c1ccc(Cn2cc(CN3CCCC3)c(-c3ccc4c(c3)OCO4)n2)cc1. The number of hydrogen-bond acceptors (Lipinski definition) is 4. The van der Waals surface area contributed by atoms with E-state index in [-0.39, 0.29) is 0 Å². The lowest BCUT2D eigenvalue weighted by atomic mass is 10.1. The van der Waals surface area contributed by atoms with E-state index < -0.39 is 0 Å². The summed E-state index contributed by atoms with van der Waals surface area (Å²) in [5, 5.41) is 4.94. The topological polar surface area (TPSA) is 39.5 Å². The van der Waals surface area contributed by atoms with E-state index in [1.165, 1.54) is 37.1 Å². The van der Waals surface area contributed by atoms with Crippen LogP contribution in [0.5, 0.6) is 11.5 Å². The van der Waals surface area contributed by atoms with E-state index in [2.05, 4.69) is 46.1 Å². The molecule has 0 amide bonds. The quantitative estimate of drug-likeness (QED) is 0.690. The summed E-state index contributed by atoms with van der Waals surface area (Å²) in [5.41, 5.74) is 4.65. The van der Waals surface area contributed by atoms with Crippen molar-refractivity contribution in [3.63, 3.8) is 0 Å². The lowest BCUT2D eigenvalue weighted by Gasteiger charge is -2.14. The van der Waals surface area contributed by atoms with E-state index in [0.717, 1.165) is 35.8 Å². The molecule has 2 aromatic carbocycles. The molecule has 5 rings (SSSR count). The van der Waals surface area contributed by atoms with Gasteiger partial charge in [-0.2, -0.15) is 5.10 Å². The summed E-state index contributed by atoms with van der Waals surface area (Å²) in [6.45, 7) is 4.35. The maximum atomic E-state index is 5.57. The molecule has 1 fully saturated rings. The average molecular weight is 361 g/mol. The maximum absolute atomic E-state index is 5.57. The fourth-order valence-electron chi connectivity index (χ4n) is 3.90.